The standard InChI is InChI=1S/C11H18/c1-5-7-11(4)9-6-8-10(2)3/h5,8H,6,9H2,1-4H3. The van der Waals surface area contributed by atoms with Crippen molar-refractivity contribution >= 4 is 0 Å². The van der Waals surface area contributed by atoms with Crippen LogP contribution < -0.4 is 0 Å². The number of hydrogen-bond acceptors (Lipinski definition) is 0. The van der Waals surface area contributed by atoms with Crippen LogP contribution in [0.1, 0.15) is 40.5 Å². The average molecular weight is 150 g/mol. The van der Waals surface area contributed by atoms with Gasteiger partial charge in [-0.2, -0.15) is 0 Å². The van der Waals surface area contributed by atoms with Gasteiger partial charge in [-0.25, -0.2) is 0 Å². The second-order valence-electron chi connectivity index (χ2n) is 3.03. The average Bonchev–Trinajstić information content (AvgIpc) is 1.87. The van der Waals surface area contributed by atoms with Crippen molar-refractivity contribution in [1.82, 2.24) is 0 Å². The Morgan fingerprint density at radius 1 is 1.27 bits per heavy atom. The van der Waals surface area contributed by atoms with Crippen molar-refractivity contribution in [2.24, 2.45) is 0 Å². The fourth-order valence-corrected chi connectivity index (χ4v) is 0.896. The Kier molecular flexibility index (Phi) is 5.60. The molecule has 0 nitrogen and oxygen atoms in total. The predicted molar refractivity (Wildman–Crippen MR) is 51.6 cm³/mol. The normalized spacial score (nSPS) is 8.36. The Morgan fingerprint density at radius 2 is 1.91 bits per heavy atom. The lowest BCUT2D eigenvalue weighted by Crippen LogP contribution is -1.73. The van der Waals surface area contributed by atoms with Crippen molar-refractivity contribution in [2.45, 2.75) is 40.5 Å². The first-order valence-corrected chi connectivity index (χ1v) is 4.17. The summed E-state index contributed by atoms with van der Waals surface area (Å²) >= 11 is 0. The molecule has 0 spiro atoms. The SMILES string of the molecule is CC=C=C(C)CCC=C(C)C. The zero-order chi connectivity index (χ0) is 8.69. The molecule has 0 aliphatic heterocycles. The maximum atomic E-state index is 3.18. The van der Waals surface area contributed by atoms with Crippen LogP contribution in [0.15, 0.2) is 29.0 Å². The molecule has 0 aliphatic carbocycles. The van der Waals surface area contributed by atoms with Gasteiger partial charge in [0.05, 0.1) is 0 Å². The minimum Gasteiger partial charge on any atom is -0.127 e. The van der Waals surface area contributed by atoms with E-state index in [9.17, 15) is 0 Å². The largest absolute Gasteiger partial charge is 0.127 e. The summed E-state index contributed by atoms with van der Waals surface area (Å²) in [6.45, 7) is 8.40. The van der Waals surface area contributed by atoms with Gasteiger partial charge in [-0.3, -0.25) is 0 Å². The molecule has 0 heterocycles. The summed E-state index contributed by atoms with van der Waals surface area (Å²) in [6, 6.07) is 0. The summed E-state index contributed by atoms with van der Waals surface area (Å²) in [5.41, 5.74) is 5.92. The molecule has 0 N–H and O–H groups in total. The molecule has 0 radical (unpaired) electrons. The predicted octanol–water partition coefficient (Wildman–Crippen LogP) is 3.85. The van der Waals surface area contributed by atoms with E-state index >= 15 is 0 Å². The lowest BCUT2D eigenvalue weighted by atomic mass is 10.1. The molecule has 0 rings (SSSR count). The lowest BCUT2D eigenvalue weighted by molar-refractivity contribution is 0.970. The van der Waals surface area contributed by atoms with Crippen LogP contribution in [0.25, 0.3) is 0 Å². The summed E-state index contributed by atoms with van der Waals surface area (Å²) in [7, 11) is 0. The van der Waals surface area contributed by atoms with Crippen LogP contribution in [0.5, 0.6) is 0 Å². The summed E-state index contributed by atoms with van der Waals surface area (Å²) in [6.07, 6.45) is 6.52. The van der Waals surface area contributed by atoms with Crippen LogP contribution in [0.3, 0.4) is 0 Å². The Balaban J connectivity index is 3.73. The topological polar surface area (TPSA) is 0 Å². The fraction of sp³-hybridized carbons (Fsp3) is 0.545. The van der Waals surface area contributed by atoms with E-state index in [-0.39, 0.29) is 0 Å². The highest BCUT2D eigenvalue weighted by atomic mass is 13.9. The van der Waals surface area contributed by atoms with Crippen molar-refractivity contribution < 1.29 is 0 Å². The van der Waals surface area contributed by atoms with E-state index in [1.54, 1.807) is 0 Å². The first-order chi connectivity index (χ1) is 5.16. The summed E-state index contributed by atoms with van der Waals surface area (Å²) in [5, 5.41) is 0. The second kappa shape index (κ2) is 6.00. The Hall–Kier alpha value is -0.740. The molecular weight excluding hydrogens is 132 g/mol. The third kappa shape index (κ3) is 7.15. The monoisotopic (exact) mass is 150 g/mol. The highest BCUT2D eigenvalue weighted by Gasteiger charge is 1.85. The molecule has 0 unspecified atom stereocenters. The van der Waals surface area contributed by atoms with Crippen LogP contribution in [-0.2, 0) is 0 Å². The molecule has 0 aromatic rings. The molecule has 0 saturated carbocycles. The second-order valence-corrected chi connectivity index (χ2v) is 3.03. The van der Waals surface area contributed by atoms with Gasteiger partial charge in [-0.05, 0) is 52.2 Å². The van der Waals surface area contributed by atoms with Crippen LogP contribution >= 0.6 is 0 Å². The fourth-order valence-electron chi connectivity index (χ4n) is 0.896. The molecule has 0 bridgehead atoms. The van der Waals surface area contributed by atoms with Gasteiger partial charge in [0.25, 0.3) is 0 Å². The maximum Gasteiger partial charge on any atom is -0.0212 e. The third-order valence-corrected chi connectivity index (χ3v) is 1.46. The third-order valence-electron chi connectivity index (χ3n) is 1.46. The van der Waals surface area contributed by atoms with Gasteiger partial charge >= 0.3 is 0 Å². The van der Waals surface area contributed by atoms with E-state index < -0.39 is 0 Å². The molecule has 0 aliphatic rings. The molecule has 0 aromatic heterocycles. The molecular formula is C11H18. The van der Waals surface area contributed by atoms with E-state index in [1.165, 1.54) is 11.1 Å². The zero-order valence-corrected chi connectivity index (χ0v) is 8.07. The van der Waals surface area contributed by atoms with E-state index in [4.69, 9.17) is 0 Å². The van der Waals surface area contributed by atoms with E-state index in [0.717, 1.165) is 12.8 Å². The summed E-state index contributed by atoms with van der Waals surface area (Å²) in [4.78, 5) is 0. The number of allylic oxidation sites excluding steroid dienone is 3. The molecule has 0 amide bonds. The van der Waals surface area contributed by atoms with Crippen LogP contribution in [0, 0.1) is 0 Å². The van der Waals surface area contributed by atoms with E-state index in [0.29, 0.717) is 0 Å². The smallest absolute Gasteiger partial charge is 0.0212 e. The van der Waals surface area contributed by atoms with Crippen molar-refractivity contribution in [2.75, 3.05) is 0 Å². The van der Waals surface area contributed by atoms with Crippen molar-refractivity contribution in [3.63, 3.8) is 0 Å². The first kappa shape index (κ1) is 10.3. The Labute approximate surface area is 70.3 Å². The van der Waals surface area contributed by atoms with Crippen molar-refractivity contribution in [3.05, 3.63) is 29.0 Å². The maximum absolute atomic E-state index is 3.18. The van der Waals surface area contributed by atoms with Gasteiger partial charge in [0.1, 0.15) is 0 Å². The lowest BCUT2D eigenvalue weighted by Gasteiger charge is -1.93. The van der Waals surface area contributed by atoms with Crippen LogP contribution in [0.2, 0.25) is 0 Å². The zero-order valence-electron chi connectivity index (χ0n) is 8.07. The van der Waals surface area contributed by atoms with Crippen LogP contribution in [-0.4, -0.2) is 0 Å². The van der Waals surface area contributed by atoms with Gasteiger partial charge in [-0.1, -0.05) is 11.6 Å². The summed E-state index contributed by atoms with van der Waals surface area (Å²) < 4.78 is 0. The molecule has 11 heavy (non-hydrogen) atoms. The van der Waals surface area contributed by atoms with E-state index in [2.05, 4.69) is 32.6 Å². The highest BCUT2D eigenvalue weighted by molar-refractivity contribution is 5.01. The number of rotatable bonds is 3. The molecule has 0 aromatic carbocycles. The molecule has 62 valence electrons. The van der Waals surface area contributed by atoms with Crippen molar-refractivity contribution in [1.29, 1.82) is 0 Å². The van der Waals surface area contributed by atoms with Gasteiger partial charge in [0.2, 0.25) is 0 Å². The molecule has 0 atom stereocenters. The highest BCUT2D eigenvalue weighted by Crippen LogP contribution is 2.04. The first-order valence-electron chi connectivity index (χ1n) is 4.17. The molecule has 0 saturated heterocycles. The van der Waals surface area contributed by atoms with Crippen molar-refractivity contribution in [3.8, 4) is 0 Å². The van der Waals surface area contributed by atoms with Gasteiger partial charge in [-0.15, -0.1) is 5.73 Å². The van der Waals surface area contributed by atoms with Gasteiger partial charge < -0.3 is 0 Å². The van der Waals surface area contributed by atoms with Gasteiger partial charge in [0.15, 0.2) is 0 Å². The Morgan fingerprint density at radius 3 is 2.36 bits per heavy atom. The minimum absolute atomic E-state index is 1.13. The molecule has 0 heteroatoms. The Bertz CT molecular complexity index is 184. The summed E-state index contributed by atoms with van der Waals surface area (Å²) in [5.74, 6) is 0. The van der Waals surface area contributed by atoms with Gasteiger partial charge in [0, 0.05) is 0 Å². The number of hydrogen-bond donors (Lipinski definition) is 0. The quantitative estimate of drug-likeness (QED) is 0.423. The van der Waals surface area contributed by atoms with E-state index in [1.807, 2.05) is 13.0 Å². The molecule has 0 fully saturated rings. The van der Waals surface area contributed by atoms with Crippen LogP contribution in [0.4, 0.5) is 0 Å². The minimum atomic E-state index is 1.13.